The van der Waals surface area contributed by atoms with Gasteiger partial charge in [-0.05, 0) is 43.1 Å². The summed E-state index contributed by atoms with van der Waals surface area (Å²) in [5.74, 6) is 2.59. The van der Waals surface area contributed by atoms with E-state index in [0.717, 1.165) is 17.4 Å². The van der Waals surface area contributed by atoms with E-state index in [9.17, 15) is 4.39 Å². The quantitative estimate of drug-likeness (QED) is 0.742. The van der Waals surface area contributed by atoms with Crippen LogP contribution >= 0.6 is 15.9 Å². The number of hydrogen-bond acceptors (Lipinski definition) is 1. The van der Waals surface area contributed by atoms with Crippen LogP contribution in [0.2, 0.25) is 0 Å². The van der Waals surface area contributed by atoms with Crippen LogP contribution in [0, 0.1) is 23.6 Å². The van der Waals surface area contributed by atoms with Gasteiger partial charge in [0, 0.05) is 10.9 Å². The molecule has 0 heterocycles. The zero-order valence-corrected chi connectivity index (χ0v) is 12.0. The second-order valence-corrected chi connectivity index (χ2v) is 6.17. The van der Waals surface area contributed by atoms with Crippen molar-refractivity contribution in [1.82, 2.24) is 0 Å². The summed E-state index contributed by atoms with van der Waals surface area (Å²) in [6, 6.07) is 5.12. The molecular weight excluding hydrogens is 295 g/mol. The fourth-order valence-electron chi connectivity index (χ4n) is 3.59. The molecule has 1 aromatic carbocycles. The van der Waals surface area contributed by atoms with Crippen LogP contribution in [-0.4, -0.2) is 6.61 Å². The Bertz CT molecular complexity index is 435. The molecular formula is C15H18BrFO. The van der Waals surface area contributed by atoms with Gasteiger partial charge in [-0.15, -0.1) is 0 Å². The lowest BCUT2D eigenvalue weighted by Gasteiger charge is -2.22. The van der Waals surface area contributed by atoms with Gasteiger partial charge in [0.2, 0.25) is 0 Å². The molecule has 0 amide bonds. The minimum absolute atomic E-state index is 0.241. The second-order valence-electron chi connectivity index (χ2n) is 5.61. The molecule has 98 valence electrons. The van der Waals surface area contributed by atoms with Crippen LogP contribution in [-0.2, 0) is 5.33 Å². The van der Waals surface area contributed by atoms with Gasteiger partial charge in [-0.3, -0.25) is 0 Å². The van der Waals surface area contributed by atoms with Gasteiger partial charge in [0.05, 0.1) is 6.61 Å². The molecule has 0 N–H and O–H groups in total. The molecule has 18 heavy (non-hydrogen) atoms. The highest BCUT2D eigenvalue weighted by atomic mass is 79.9. The number of halogens is 2. The normalized spacial score (nSPS) is 29.8. The summed E-state index contributed by atoms with van der Waals surface area (Å²) in [4.78, 5) is 0. The van der Waals surface area contributed by atoms with Crippen molar-refractivity contribution in [1.29, 1.82) is 0 Å². The van der Waals surface area contributed by atoms with Gasteiger partial charge in [-0.2, -0.15) is 0 Å². The molecule has 0 radical (unpaired) electrons. The predicted octanol–water partition coefficient (Wildman–Crippen LogP) is 4.54. The molecule has 0 saturated heterocycles. The van der Waals surface area contributed by atoms with Crippen molar-refractivity contribution in [3.05, 3.63) is 29.6 Å². The molecule has 3 rings (SSSR count). The van der Waals surface area contributed by atoms with Crippen LogP contribution in [0.1, 0.15) is 31.2 Å². The highest BCUT2D eigenvalue weighted by Gasteiger charge is 2.39. The van der Waals surface area contributed by atoms with E-state index < -0.39 is 0 Å². The van der Waals surface area contributed by atoms with Crippen LogP contribution in [0.3, 0.4) is 0 Å². The van der Waals surface area contributed by atoms with Crippen LogP contribution < -0.4 is 4.74 Å². The Morgan fingerprint density at radius 2 is 2.17 bits per heavy atom. The second kappa shape index (κ2) is 5.20. The highest BCUT2D eigenvalue weighted by Crippen LogP contribution is 2.48. The fourth-order valence-corrected chi connectivity index (χ4v) is 4.03. The molecule has 2 aliphatic carbocycles. The van der Waals surface area contributed by atoms with E-state index in [1.165, 1.54) is 31.7 Å². The van der Waals surface area contributed by atoms with E-state index in [4.69, 9.17) is 4.74 Å². The third-order valence-corrected chi connectivity index (χ3v) is 5.12. The predicted molar refractivity (Wildman–Crippen MR) is 73.5 cm³/mol. The van der Waals surface area contributed by atoms with Crippen molar-refractivity contribution in [2.24, 2.45) is 17.8 Å². The fraction of sp³-hybridized carbons (Fsp3) is 0.600. The Hall–Kier alpha value is -0.570. The standard InChI is InChI=1S/C15H18BrFO/c16-8-12-2-1-3-14(17)15(12)18-9-13-7-10-4-5-11(13)6-10/h1-3,10-11,13H,4-9H2. The first-order chi connectivity index (χ1) is 8.78. The van der Waals surface area contributed by atoms with Crippen LogP contribution in [0.4, 0.5) is 4.39 Å². The summed E-state index contributed by atoms with van der Waals surface area (Å²) in [6.45, 7) is 0.683. The summed E-state index contributed by atoms with van der Waals surface area (Å²) < 4.78 is 19.5. The van der Waals surface area contributed by atoms with Gasteiger partial charge >= 0.3 is 0 Å². The van der Waals surface area contributed by atoms with Gasteiger partial charge < -0.3 is 4.74 Å². The van der Waals surface area contributed by atoms with Gasteiger partial charge in [0.1, 0.15) is 0 Å². The monoisotopic (exact) mass is 312 g/mol. The third kappa shape index (κ3) is 2.29. The van der Waals surface area contributed by atoms with Crippen molar-refractivity contribution < 1.29 is 9.13 Å². The number of ether oxygens (including phenoxy) is 1. The lowest BCUT2D eigenvalue weighted by atomic mass is 9.89. The van der Waals surface area contributed by atoms with Crippen molar-refractivity contribution in [2.45, 2.75) is 31.0 Å². The van der Waals surface area contributed by atoms with E-state index >= 15 is 0 Å². The lowest BCUT2D eigenvalue weighted by molar-refractivity contribution is 0.188. The Balaban J connectivity index is 1.66. The van der Waals surface area contributed by atoms with Crippen molar-refractivity contribution >= 4 is 15.9 Å². The number of alkyl halides is 1. The molecule has 0 aliphatic heterocycles. The minimum atomic E-state index is -0.241. The van der Waals surface area contributed by atoms with E-state index in [1.807, 2.05) is 6.07 Å². The number of para-hydroxylation sites is 1. The Labute approximate surface area is 116 Å². The van der Waals surface area contributed by atoms with Crippen LogP contribution in [0.5, 0.6) is 5.75 Å². The Morgan fingerprint density at radius 1 is 1.28 bits per heavy atom. The van der Waals surface area contributed by atoms with Gasteiger partial charge in [-0.1, -0.05) is 34.5 Å². The molecule has 3 atom stereocenters. The Kier molecular flexibility index (Phi) is 3.60. The molecule has 2 fully saturated rings. The third-order valence-electron chi connectivity index (χ3n) is 4.52. The van der Waals surface area contributed by atoms with E-state index in [1.54, 1.807) is 6.07 Å². The van der Waals surface area contributed by atoms with Crippen molar-refractivity contribution in [2.75, 3.05) is 6.61 Å². The van der Waals surface area contributed by atoms with E-state index in [0.29, 0.717) is 23.6 Å². The maximum Gasteiger partial charge on any atom is 0.165 e. The average Bonchev–Trinajstić information content (AvgIpc) is 2.99. The average molecular weight is 313 g/mol. The van der Waals surface area contributed by atoms with Gasteiger partial charge in [0.25, 0.3) is 0 Å². The maximum atomic E-state index is 13.8. The van der Waals surface area contributed by atoms with Gasteiger partial charge in [-0.25, -0.2) is 4.39 Å². The molecule has 3 heteroatoms. The Morgan fingerprint density at radius 3 is 2.83 bits per heavy atom. The number of rotatable bonds is 4. The summed E-state index contributed by atoms with van der Waals surface area (Å²) >= 11 is 3.38. The molecule has 2 aliphatic rings. The van der Waals surface area contributed by atoms with Crippen LogP contribution in [0.25, 0.3) is 0 Å². The molecule has 0 aromatic heterocycles. The summed E-state index contributed by atoms with van der Waals surface area (Å²) in [5.41, 5.74) is 0.901. The molecule has 2 bridgehead atoms. The van der Waals surface area contributed by atoms with Crippen molar-refractivity contribution in [3.63, 3.8) is 0 Å². The first-order valence-electron chi connectivity index (χ1n) is 6.74. The summed E-state index contributed by atoms with van der Waals surface area (Å²) in [7, 11) is 0. The molecule has 1 aromatic rings. The first-order valence-corrected chi connectivity index (χ1v) is 7.86. The first kappa shape index (κ1) is 12.5. The SMILES string of the molecule is Fc1cccc(CBr)c1OCC1CC2CCC1C2. The number of benzene rings is 1. The molecule has 2 saturated carbocycles. The minimum Gasteiger partial charge on any atom is -0.490 e. The zero-order chi connectivity index (χ0) is 12.5. The van der Waals surface area contributed by atoms with E-state index in [-0.39, 0.29) is 5.82 Å². The van der Waals surface area contributed by atoms with Crippen LogP contribution in [0.15, 0.2) is 18.2 Å². The number of hydrogen-bond donors (Lipinski definition) is 0. The molecule has 3 unspecified atom stereocenters. The lowest BCUT2D eigenvalue weighted by Crippen LogP contribution is -2.19. The summed E-state index contributed by atoms with van der Waals surface area (Å²) in [6.07, 6.45) is 5.40. The summed E-state index contributed by atoms with van der Waals surface area (Å²) in [5, 5.41) is 0.636. The van der Waals surface area contributed by atoms with Crippen molar-refractivity contribution in [3.8, 4) is 5.75 Å². The highest BCUT2D eigenvalue weighted by molar-refractivity contribution is 9.08. The topological polar surface area (TPSA) is 9.23 Å². The smallest absolute Gasteiger partial charge is 0.165 e. The maximum absolute atomic E-state index is 13.8. The molecule has 0 spiro atoms. The van der Waals surface area contributed by atoms with Gasteiger partial charge in [0.15, 0.2) is 11.6 Å². The zero-order valence-electron chi connectivity index (χ0n) is 10.4. The van der Waals surface area contributed by atoms with E-state index in [2.05, 4.69) is 15.9 Å². The number of fused-ring (bicyclic) bond motifs is 2. The molecule has 1 nitrogen and oxygen atoms in total. The largest absolute Gasteiger partial charge is 0.490 e.